The van der Waals surface area contributed by atoms with Crippen molar-refractivity contribution in [3.05, 3.63) is 35.9 Å². The minimum atomic E-state index is 0.0547. The Morgan fingerprint density at radius 2 is 1.40 bits per heavy atom. The van der Waals surface area contributed by atoms with Crippen molar-refractivity contribution in [3.8, 4) is 0 Å². The van der Waals surface area contributed by atoms with Crippen LogP contribution < -0.4 is 5.32 Å². The van der Waals surface area contributed by atoms with Crippen molar-refractivity contribution in [2.24, 2.45) is 0 Å². The quantitative estimate of drug-likeness (QED) is 0.525. The van der Waals surface area contributed by atoms with E-state index in [2.05, 4.69) is 17.4 Å². The lowest BCUT2D eigenvalue weighted by Crippen LogP contribution is -2.20. The van der Waals surface area contributed by atoms with Gasteiger partial charge in [0.15, 0.2) is 0 Å². The molecule has 5 nitrogen and oxygen atoms in total. The topological polar surface area (TPSA) is 60.0 Å². The second-order valence-electron chi connectivity index (χ2n) is 4.22. The van der Waals surface area contributed by atoms with Crippen molar-refractivity contribution < 1.29 is 19.3 Å². The SMILES string of the molecule is OCCOCCOCCOCCNCc1ccccc1. The largest absolute Gasteiger partial charge is 0.394 e. The van der Waals surface area contributed by atoms with Crippen molar-refractivity contribution in [3.63, 3.8) is 0 Å². The summed E-state index contributed by atoms with van der Waals surface area (Å²) in [5.41, 5.74) is 1.28. The molecular weight excluding hydrogens is 258 g/mol. The molecule has 0 atom stereocenters. The summed E-state index contributed by atoms with van der Waals surface area (Å²) in [6.45, 7) is 5.00. The van der Waals surface area contributed by atoms with Crippen LogP contribution >= 0.6 is 0 Å². The first-order chi connectivity index (χ1) is 9.93. The third-order valence-electron chi connectivity index (χ3n) is 2.57. The molecule has 0 unspecified atom stereocenters. The fourth-order valence-electron chi connectivity index (χ4n) is 1.58. The van der Waals surface area contributed by atoms with Gasteiger partial charge >= 0.3 is 0 Å². The molecule has 0 spiro atoms. The average molecular weight is 283 g/mol. The van der Waals surface area contributed by atoms with Crippen molar-refractivity contribution in [2.75, 3.05) is 52.8 Å². The Labute approximate surface area is 120 Å². The third kappa shape index (κ3) is 9.89. The summed E-state index contributed by atoms with van der Waals surface area (Å²) in [6, 6.07) is 10.3. The second-order valence-corrected chi connectivity index (χ2v) is 4.22. The zero-order valence-corrected chi connectivity index (χ0v) is 11.9. The number of aliphatic hydroxyl groups is 1. The van der Waals surface area contributed by atoms with E-state index in [1.165, 1.54) is 5.56 Å². The fraction of sp³-hybridized carbons (Fsp3) is 0.600. The van der Waals surface area contributed by atoms with Crippen LogP contribution in [0.2, 0.25) is 0 Å². The first-order valence-corrected chi connectivity index (χ1v) is 7.02. The lowest BCUT2D eigenvalue weighted by Gasteiger charge is -2.07. The molecule has 0 amide bonds. The molecule has 2 N–H and O–H groups in total. The Bertz CT molecular complexity index is 308. The van der Waals surface area contributed by atoms with Crippen molar-refractivity contribution in [1.29, 1.82) is 0 Å². The van der Waals surface area contributed by atoms with Gasteiger partial charge in [-0.3, -0.25) is 0 Å². The van der Waals surface area contributed by atoms with E-state index in [1.807, 2.05) is 18.2 Å². The Kier molecular flexibility index (Phi) is 11.1. The lowest BCUT2D eigenvalue weighted by molar-refractivity contribution is 0.00818. The number of ether oxygens (including phenoxy) is 3. The van der Waals surface area contributed by atoms with Gasteiger partial charge in [-0.1, -0.05) is 30.3 Å². The van der Waals surface area contributed by atoms with Crippen molar-refractivity contribution >= 4 is 0 Å². The lowest BCUT2D eigenvalue weighted by atomic mass is 10.2. The van der Waals surface area contributed by atoms with Crippen LogP contribution in [0.15, 0.2) is 30.3 Å². The van der Waals surface area contributed by atoms with Gasteiger partial charge in [0.2, 0.25) is 0 Å². The predicted molar refractivity (Wildman–Crippen MR) is 77.7 cm³/mol. The summed E-state index contributed by atoms with van der Waals surface area (Å²) in [6.07, 6.45) is 0. The molecule has 0 fully saturated rings. The molecule has 0 aliphatic carbocycles. The van der Waals surface area contributed by atoms with E-state index in [0.717, 1.165) is 13.1 Å². The normalized spacial score (nSPS) is 10.8. The van der Waals surface area contributed by atoms with Gasteiger partial charge in [0, 0.05) is 13.1 Å². The summed E-state index contributed by atoms with van der Waals surface area (Å²) in [7, 11) is 0. The highest BCUT2D eigenvalue weighted by Gasteiger charge is 1.93. The van der Waals surface area contributed by atoms with E-state index in [-0.39, 0.29) is 6.61 Å². The van der Waals surface area contributed by atoms with Gasteiger partial charge in [0.1, 0.15) is 0 Å². The van der Waals surface area contributed by atoms with Gasteiger partial charge < -0.3 is 24.6 Å². The number of hydrogen-bond acceptors (Lipinski definition) is 5. The van der Waals surface area contributed by atoms with Crippen LogP contribution in [0.25, 0.3) is 0 Å². The van der Waals surface area contributed by atoms with Crippen LogP contribution in [0.3, 0.4) is 0 Å². The molecule has 0 bridgehead atoms. The summed E-state index contributed by atoms with van der Waals surface area (Å²) in [5.74, 6) is 0. The van der Waals surface area contributed by atoms with Gasteiger partial charge in [-0.15, -0.1) is 0 Å². The maximum atomic E-state index is 8.49. The van der Waals surface area contributed by atoms with E-state index in [1.54, 1.807) is 0 Å². The molecule has 0 radical (unpaired) electrons. The van der Waals surface area contributed by atoms with Crippen molar-refractivity contribution in [2.45, 2.75) is 6.54 Å². The molecule has 5 heteroatoms. The zero-order valence-electron chi connectivity index (χ0n) is 11.9. The maximum absolute atomic E-state index is 8.49. The highest BCUT2D eigenvalue weighted by Crippen LogP contribution is 1.96. The number of rotatable bonds is 13. The first-order valence-electron chi connectivity index (χ1n) is 7.02. The Morgan fingerprint density at radius 3 is 2.05 bits per heavy atom. The number of nitrogens with one attached hydrogen (secondary N) is 1. The van der Waals surface area contributed by atoms with Crippen LogP contribution in [-0.4, -0.2) is 57.9 Å². The van der Waals surface area contributed by atoms with Gasteiger partial charge in [0.05, 0.1) is 46.2 Å². The van der Waals surface area contributed by atoms with Crippen LogP contribution in [0.4, 0.5) is 0 Å². The van der Waals surface area contributed by atoms with Crippen LogP contribution in [0.1, 0.15) is 5.56 Å². The van der Waals surface area contributed by atoms with Crippen molar-refractivity contribution in [1.82, 2.24) is 5.32 Å². The molecular formula is C15H25NO4. The zero-order chi connectivity index (χ0) is 14.3. The standard InChI is InChI=1S/C15H25NO4/c17-7-9-19-11-13-20-12-10-18-8-6-16-14-15-4-2-1-3-5-15/h1-5,16-17H,6-14H2. The molecule has 0 aliphatic heterocycles. The minimum absolute atomic E-state index is 0.0547. The second kappa shape index (κ2) is 13.0. The van der Waals surface area contributed by atoms with Crippen LogP contribution in [0.5, 0.6) is 0 Å². The molecule has 0 saturated heterocycles. The van der Waals surface area contributed by atoms with Crippen LogP contribution in [0, 0.1) is 0 Å². The van der Waals surface area contributed by atoms with Gasteiger partial charge in [-0.05, 0) is 5.56 Å². The van der Waals surface area contributed by atoms with Gasteiger partial charge in [-0.2, -0.15) is 0 Å². The van der Waals surface area contributed by atoms with E-state index < -0.39 is 0 Å². The highest BCUT2D eigenvalue weighted by atomic mass is 16.5. The Hall–Kier alpha value is -0.980. The summed E-state index contributed by atoms with van der Waals surface area (Å²) < 4.78 is 15.8. The Morgan fingerprint density at radius 1 is 0.800 bits per heavy atom. The number of hydrogen-bond donors (Lipinski definition) is 2. The average Bonchev–Trinajstić information content (AvgIpc) is 2.49. The van der Waals surface area contributed by atoms with E-state index in [9.17, 15) is 0 Å². The molecule has 1 aromatic carbocycles. The van der Waals surface area contributed by atoms with E-state index >= 15 is 0 Å². The first kappa shape index (κ1) is 17.1. The molecule has 0 aliphatic rings. The summed E-state index contributed by atoms with van der Waals surface area (Å²) >= 11 is 0. The predicted octanol–water partition coefficient (Wildman–Crippen LogP) is 0.818. The molecule has 1 aromatic rings. The monoisotopic (exact) mass is 283 g/mol. The highest BCUT2D eigenvalue weighted by molar-refractivity contribution is 5.14. The number of aliphatic hydroxyl groups excluding tert-OH is 1. The molecule has 114 valence electrons. The minimum Gasteiger partial charge on any atom is -0.394 e. The fourth-order valence-corrected chi connectivity index (χ4v) is 1.58. The van der Waals surface area contributed by atoms with Gasteiger partial charge in [-0.25, -0.2) is 0 Å². The van der Waals surface area contributed by atoms with E-state index in [0.29, 0.717) is 39.6 Å². The smallest absolute Gasteiger partial charge is 0.0701 e. The third-order valence-corrected chi connectivity index (χ3v) is 2.57. The molecule has 20 heavy (non-hydrogen) atoms. The van der Waals surface area contributed by atoms with Crippen LogP contribution in [-0.2, 0) is 20.8 Å². The van der Waals surface area contributed by atoms with Gasteiger partial charge in [0.25, 0.3) is 0 Å². The summed E-state index contributed by atoms with van der Waals surface area (Å²) in [4.78, 5) is 0. The molecule has 0 aromatic heterocycles. The molecule has 0 heterocycles. The Balaban J connectivity index is 1.77. The number of benzene rings is 1. The van der Waals surface area contributed by atoms with E-state index in [4.69, 9.17) is 19.3 Å². The molecule has 0 saturated carbocycles. The molecule has 1 rings (SSSR count). The summed E-state index contributed by atoms with van der Waals surface area (Å²) in [5, 5.41) is 11.8. The maximum Gasteiger partial charge on any atom is 0.0701 e.